The predicted molar refractivity (Wildman–Crippen MR) is 206 cm³/mol. The fraction of sp³-hybridized carbons (Fsp3) is 0.439. The second kappa shape index (κ2) is 14.5. The Labute approximate surface area is 328 Å². The molecular weight excluding hydrogens is 741 g/mol. The van der Waals surface area contributed by atoms with Crippen molar-refractivity contribution in [1.29, 1.82) is 5.26 Å². The molecule has 0 aliphatic carbocycles. The molecule has 5 aliphatic rings. The van der Waals surface area contributed by atoms with E-state index < -0.39 is 40.9 Å². The van der Waals surface area contributed by atoms with Crippen molar-refractivity contribution in [3.05, 3.63) is 69.3 Å². The van der Waals surface area contributed by atoms with E-state index in [-0.39, 0.29) is 48.2 Å². The molecule has 14 nitrogen and oxygen atoms in total. The summed E-state index contributed by atoms with van der Waals surface area (Å²) in [6.07, 6.45) is 3.49. The van der Waals surface area contributed by atoms with Gasteiger partial charge >= 0.3 is 5.97 Å². The minimum atomic E-state index is -1.24. The molecule has 0 saturated carbocycles. The number of aromatic hydroxyl groups is 2. The molecule has 5 aliphatic heterocycles. The van der Waals surface area contributed by atoms with Crippen LogP contribution >= 0.6 is 11.8 Å². The number of piperazine rings is 1. The molecule has 3 aromatic rings. The number of esters is 1. The van der Waals surface area contributed by atoms with Gasteiger partial charge in [-0.25, -0.2) is 0 Å². The maximum Gasteiger partial charge on any atom is 0.308 e. The second-order valence-electron chi connectivity index (χ2n) is 14.7. The van der Waals surface area contributed by atoms with Gasteiger partial charge in [0.1, 0.15) is 23.6 Å². The normalized spacial score (nSPS) is 26.8. The highest BCUT2D eigenvalue weighted by atomic mass is 32.2. The van der Waals surface area contributed by atoms with E-state index in [1.165, 1.54) is 32.9 Å². The second-order valence-corrected chi connectivity index (χ2v) is 15.8. The van der Waals surface area contributed by atoms with Gasteiger partial charge in [0, 0.05) is 55.1 Å². The molecule has 3 aromatic carbocycles. The molecule has 5 heterocycles. The highest BCUT2D eigenvalue weighted by Gasteiger charge is 2.59. The highest BCUT2D eigenvalue weighted by molar-refractivity contribution is 7.99. The van der Waals surface area contributed by atoms with Crippen LogP contribution in [0.1, 0.15) is 68.8 Å². The third kappa shape index (κ3) is 5.60. The van der Waals surface area contributed by atoms with Gasteiger partial charge in [0.05, 0.1) is 49.8 Å². The number of ether oxygens (including phenoxy) is 6. The summed E-state index contributed by atoms with van der Waals surface area (Å²) in [7, 11) is 4.56. The summed E-state index contributed by atoms with van der Waals surface area (Å²) in [5.74, 6) is 1.20. The first kappa shape index (κ1) is 37.9. The number of hydrogen-bond donors (Lipinski definition) is 4. The first-order chi connectivity index (χ1) is 27.1. The van der Waals surface area contributed by atoms with E-state index in [0.717, 1.165) is 23.0 Å². The Kier molecular flexibility index (Phi) is 9.82. The Bertz CT molecular complexity index is 2190. The third-order valence-corrected chi connectivity index (χ3v) is 13.3. The van der Waals surface area contributed by atoms with Gasteiger partial charge < -0.3 is 54.1 Å². The van der Waals surface area contributed by atoms with Crippen molar-refractivity contribution in [2.24, 2.45) is 0 Å². The van der Waals surface area contributed by atoms with Gasteiger partial charge in [0.2, 0.25) is 6.79 Å². The molecule has 1 saturated heterocycles. The molecule has 0 aromatic heterocycles. The van der Waals surface area contributed by atoms with Crippen molar-refractivity contribution in [2.45, 2.75) is 67.7 Å². The Hall–Kier alpha value is -4.98. The lowest BCUT2D eigenvalue weighted by molar-refractivity contribution is -0.132. The molecule has 15 heteroatoms. The predicted octanol–water partition coefficient (Wildman–Crippen LogP) is 4.27. The van der Waals surface area contributed by atoms with Crippen LogP contribution in [0.25, 0.3) is 6.08 Å². The monoisotopic (exact) mass is 784 g/mol. The summed E-state index contributed by atoms with van der Waals surface area (Å²) in [4.78, 5) is 28.6. The summed E-state index contributed by atoms with van der Waals surface area (Å²) in [6, 6.07) is 5.12. The number of aldehydes is 1. The zero-order valence-electron chi connectivity index (χ0n) is 31.8. The first-order valence-corrected chi connectivity index (χ1v) is 19.5. The summed E-state index contributed by atoms with van der Waals surface area (Å²) in [5.41, 5.74) is 4.22. The number of carbonyl (C=O) groups excluding carboxylic acids is 2. The number of fused-ring (bicyclic) bond motifs is 10. The van der Waals surface area contributed by atoms with Gasteiger partial charge in [-0.15, -0.1) is 11.8 Å². The number of phenolic OH excluding ortho intramolecular Hbond substituents is 2. The van der Waals surface area contributed by atoms with Crippen molar-refractivity contribution >= 4 is 30.1 Å². The first-order valence-electron chi connectivity index (χ1n) is 18.4. The minimum Gasteiger partial charge on any atom is -0.504 e. The molecule has 1 unspecified atom stereocenters. The molecule has 4 N–H and O–H groups in total. The summed E-state index contributed by atoms with van der Waals surface area (Å²) in [5, 5.41) is 40.3. The van der Waals surface area contributed by atoms with E-state index in [4.69, 9.17) is 28.4 Å². The number of aryl methyl sites for hydroxylation is 1. The van der Waals surface area contributed by atoms with Crippen LogP contribution in [0, 0.1) is 18.3 Å². The van der Waals surface area contributed by atoms with Gasteiger partial charge in [0.15, 0.2) is 34.5 Å². The lowest BCUT2D eigenvalue weighted by atomic mass is 9.72. The van der Waals surface area contributed by atoms with E-state index in [9.17, 15) is 25.1 Å². The standard InChI is InChI=1S/C41H44N4O10S/c1-7-23-37(55-20(3)47)32-31(39-38(23)53-18-54-39)27(15-50-4)45-26(14-42)25-11-22-10-19(2)36(52-6)35(49)30(22)33(44-25)34(45)40(32)56-17-41(16-46)24-13-29(51-5)28(48)12-21(24)8-9-43-41/h7,10,12-13,16,25-27,33-34,40,43-44,48-49H,1,8-9,11,15,17-18H2,2-6H3/t25-,26-,27-,33-,34?,40+,41+/m0/s1. The number of thioether (sulfide) groups is 1. The molecular formula is C41H44N4O10S. The molecule has 0 amide bonds. The number of hydrogen-bond acceptors (Lipinski definition) is 15. The zero-order valence-corrected chi connectivity index (χ0v) is 32.6. The van der Waals surface area contributed by atoms with Crippen molar-refractivity contribution in [3.63, 3.8) is 0 Å². The van der Waals surface area contributed by atoms with Gasteiger partial charge in [0.25, 0.3) is 0 Å². The number of rotatable bonds is 10. The fourth-order valence-corrected chi connectivity index (χ4v) is 11.3. The van der Waals surface area contributed by atoms with E-state index in [1.54, 1.807) is 25.3 Å². The number of methoxy groups -OCH3 is 3. The SMILES string of the molecule is C=Cc1c2c(c3c(c1OC(C)=O)[C@@H](SC[C@@]1(C=O)NCCc4cc(O)c(OC)cc41)C1[C@H]4N[C@@H](Cc5cc(C)c(OC)c(O)c54)[C@H](C#N)N1[C@H]3COC)OCO2. The quantitative estimate of drug-likeness (QED) is 0.130. The molecule has 1 fully saturated rings. The smallest absolute Gasteiger partial charge is 0.308 e. The number of benzene rings is 3. The Morgan fingerprint density at radius 3 is 2.59 bits per heavy atom. The van der Waals surface area contributed by atoms with Crippen molar-refractivity contribution in [2.75, 3.05) is 47.0 Å². The Morgan fingerprint density at radius 1 is 1.12 bits per heavy atom. The lowest BCUT2D eigenvalue weighted by Crippen LogP contribution is -2.69. The van der Waals surface area contributed by atoms with Crippen LogP contribution in [0.2, 0.25) is 0 Å². The highest BCUT2D eigenvalue weighted by Crippen LogP contribution is 2.63. The number of nitrogens with zero attached hydrogens (tertiary/aromatic N) is 2. The summed E-state index contributed by atoms with van der Waals surface area (Å²) < 4.78 is 35.5. The average molecular weight is 785 g/mol. The average Bonchev–Trinajstić information content (AvgIpc) is 3.67. The molecule has 2 bridgehead atoms. The maximum atomic E-state index is 13.5. The van der Waals surface area contributed by atoms with Crippen LogP contribution in [-0.4, -0.2) is 92.5 Å². The van der Waals surface area contributed by atoms with Gasteiger partial charge in [-0.1, -0.05) is 18.7 Å². The molecule has 8 rings (SSSR count). The maximum absolute atomic E-state index is 13.5. The number of carbonyl (C=O) groups is 2. The fourth-order valence-electron chi connectivity index (χ4n) is 9.63. The van der Waals surface area contributed by atoms with Crippen molar-refractivity contribution < 1.29 is 48.2 Å². The van der Waals surface area contributed by atoms with Gasteiger partial charge in [-0.05, 0) is 54.2 Å². The van der Waals surface area contributed by atoms with E-state index in [1.807, 2.05) is 13.0 Å². The van der Waals surface area contributed by atoms with E-state index >= 15 is 0 Å². The van der Waals surface area contributed by atoms with Gasteiger partial charge in [-0.2, -0.15) is 5.26 Å². The number of nitriles is 1. The zero-order chi connectivity index (χ0) is 39.6. The third-order valence-electron chi connectivity index (χ3n) is 11.8. The number of phenols is 2. The summed E-state index contributed by atoms with van der Waals surface area (Å²) >= 11 is 1.45. The molecule has 0 spiro atoms. The van der Waals surface area contributed by atoms with Crippen LogP contribution in [0.3, 0.4) is 0 Å². The molecule has 56 heavy (non-hydrogen) atoms. The van der Waals surface area contributed by atoms with Crippen molar-refractivity contribution in [1.82, 2.24) is 15.5 Å². The van der Waals surface area contributed by atoms with Crippen LogP contribution < -0.4 is 34.3 Å². The molecule has 7 atom stereocenters. The van der Waals surface area contributed by atoms with Crippen LogP contribution in [0.5, 0.6) is 40.2 Å². The molecule has 294 valence electrons. The van der Waals surface area contributed by atoms with Gasteiger partial charge in [-0.3, -0.25) is 9.69 Å². The van der Waals surface area contributed by atoms with E-state index in [0.29, 0.717) is 64.5 Å². The van der Waals surface area contributed by atoms with Crippen LogP contribution in [-0.2, 0) is 32.7 Å². The topological polar surface area (TPSA) is 181 Å². The Balaban J connectivity index is 1.41. The minimum absolute atomic E-state index is 0.00321. The molecule has 0 radical (unpaired) electrons. The summed E-state index contributed by atoms with van der Waals surface area (Å²) in [6.45, 7) is 7.77. The Morgan fingerprint density at radius 2 is 1.91 bits per heavy atom. The number of nitrogens with one attached hydrogen (secondary N) is 2. The van der Waals surface area contributed by atoms with E-state index in [2.05, 4.69) is 28.2 Å². The largest absolute Gasteiger partial charge is 0.504 e. The van der Waals surface area contributed by atoms with Crippen LogP contribution in [0.4, 0.5) is 0 Å². The van der Waals surface area contributed by atoms with Crippen LogP contribution in [0.15, 0.2) is 24.8 Å². The lowest BCUT2D eigenvalue weighted by Gasteiger charge is -2.59. The van der Waals surface area contributed by atoms with Crippen molar-refractivity contribution in [3.8, 4) is 46.3 Å².